The van der Waals surface area contributed by atoms with E-state index in [1.807, 2.05) is 24.3 Å². The Morgan fingerprint density at radius 1 is 1.35 bits per heavy atom. The van der Waals surface area contributed by atoms with Crippen LogP contribution in [0.5, 0.6) is 5.75 Å². The number of carboxylic acids is 1. The van der Waals surface area contributed by atoms with E-state index in [4.69, 9.17) is 9.84 Å². The van der Waals surface area contributed by atoms with Crippen LogP contribution in [0.3, 0.4) is 0 Å². The fourth-order valence-electron chi connectivity index (χ4n) is 2.56. The number of nitrogens with one attached hydrogen (secondary N) is 1. The van der Waals surface area contributed by atoms with Gasteiger partial charge in [-0.1, -0.05) is 12.1 Å². The van der Waals surface area contributed by atoms with E-state index in [9.17, 15) is 9.59 Å². The Labute approximate surface area is 117 Å². The highest BCUT2D eigenvalue weighted by Gasteiger charge is 2.33. The average Bonchev–Trinajstić information content (AvgIpc) is 2.95. The van der Waals surface area contributed by atoms with Crippen molar-refractivity contribution in [1.82, 2.24) is 5.32 Å². The smallest absolute Gasteiger partial charge is 0.306 e. The summed E-state index contributed by atoms with van der Waals surface area (Å²) in [7, 11) is 1.60. The first kappa shape index (κ1) is 14.4. The fraction of sp³-hybridized carbons (Fsp3) is 0.467. The lowest BCUT2D eigenvalue weighted by Gasteiger charge is -2.11. The van der Waals surface area contributed by atoms with E-state index in [1.165, 1.54) is 0 Å². The second-order valence-corrected chi connectivity index (χ2v) is 5.11. The molecule has 20 heavy (non-hydrogen) atoms. The Kier molecular flexibility index (Phi) is 4.61. The van der Waals surface area contributed by atoms with Gasteiger partial charge in [0.2, 0.25) is 5.91 Å². The first-order valence-corrected chi connectivity index (χ1v) is 6.73. The number of carboxylic acid groups (broad SMARTS) is 1. The molecule has 0 heterocycles. The molecule has 0 radical (unpaired) electrons. The van der Waals surface area contributed by atoms with Crippen molar-refractivity contribution >= 4 is 11.9 Å². The van der Waals surface area contributed by atoms with Crippen LogP contribution in [-0.2, 0) is 16.1 Å². The van der Waals surface area contributed by atoms with Crippen LogP contribution in [0, 0.1) is 11.8 Å². The van der Waals surface area contributed by atoms with Crippen LogP contribution in [0.15, 0.2) is 24.3 Å². The van der Waals surface area contributed by atoms with Gasteiger partial charge in [-0.15, -0.1) is 0 Å². The third-order valence-electron chi connectivity index (χ3n) is 3.75. The lowest BCUT2D eigenvalue weighted by Crippen LogP contribution is -2.29. The quantitative estimate of drug-likeness (QED) is 0.860. The molecule has 5 nitrogen and oxygen atoms in total. The Morgan fingerprint density at radius 2 is 2.10 bits per heavy atom. The van der Waals surface area contributed by atoms with E-state index in [1.54, 1.807) is 7.11 Å². The van der Waals surface area contributed by atoms with Gasteiger partial charge in [0.15, 0.2) is 0 Å². The van der Waals surface area contributed by atoms with E-state index in [0.717, 1.165) is 11.3 Å². The summed E-state index contributed by atoms with van der Waals surface area (Å²) in [5.41, 5.74) is 0.963. The number of benzene rings is 1. The van der Waals surface area contributed by atoms with Crippen LogP contribution in [-0.4, -0.2) is 24.1 Å². The second kappa shape index (κ2) is 6.41. The molecule has 2 N–H and O–H groups in total. The van der Waals surface area contributed by atoms with Crippen molar-refractivity contribution in [2.75, 3.05) is 7.11 Å². The highest BCUT2D eigenvalue weighted by atomic mass is 16.5. The molecule has 0 saturated heterocycles. The number of ether oxygens (including phenoxy) is 1. The maximum absolute atomic E-state index is 12.0. The molecule has 1 aliphatic rings. The monoisotopic (exact) mass is 277 g/mol. The predicted octanol–water partition coefficient (Wildman–Crippen LogP) is 1.81. The molecule has 0 aromatic heterocycles. The lowest BCUT2D eigenvalue weighted by atomic mass is 10.0. The number of rotatable bonds is 5. The SMILES string of the molecule is COc1cccc(CNC(=O)C2CCC(C(=O)O)C2)c1. The number of aliphatic carboxylic acids is 1. The van der Waals surface area contributed by atoms with Crippen LogP contribution in [0.2, 0.25) is 0 Å². The van der Waals surface area contributed by atoms with Crippen molar-refractivity contribution in [2.45, 2.75) is 25.8 Å². The van der Waals surface area contributed by atoms with Gasteiger partial charge >= 0.3 is 5.97 Å². The maximum atomic E-state index is 12.0. The van der Waals surface area contributed by atoms with E-state index in [-0.39, 0.29) is 17.7 Å². The van der Waals surface area contributed by atoms with Gasteiger partial charge in [-0.3, -0.25) is 9.59 Å². The standard InChI is InChI=1S/C15H19NO4/c1-20-13-4-2-3-10(7-13)9-16-14(17)11-5-6-12(8-11)15(18)19/h2-4,7,11-12H,5-6,8-9H2,1H3,(H,16,17)(H,18,19). The molecule has 1 aromatic carbocycles. The number of amides is 1. The molecule has 108 valence electrons. The van der Waals surface area contributed by atoms with Crippen LogP contribution in [0.25, 0.3) is 0 Å². The van der Waals surface area contributed by atoms with E-state index in [0.29, 0.717) is 25.8 Å². The molecule has 0 aliphatic heterocycles. The fourth-order valence-corrected chi connectivity index (χ4v) is 2.56. The van der Waals surface area contributed by atoms with Gasteiger partial charge in [0.05, 0.1) is 13.0 Å². The summed E-state index contributed by atoms with van der Waals surface area (Å²) >= 11 is 0. The Balaban J connectivity index is 1.85. The lowest BCUT2D eigenvalue weighted by molar-refractivity contribution is -0.141. The second-order valence-electron chi connectivity index (χ2n) is 5.11. The highest BCUT2D eigenvalue weighted by Crippen LogP contribution is 2.31. The molecular weight excluding hydrogens is 258 g/mol. The molecule has 0 spiro atoms. The summed E-state index contributed by atoms with van der Waals surface area (Å²) in [6, 6.07) is 7.50. The first-order valence-electron chi connectivity index (χ1n) is 6.73. The van der Waals surface area contributed by atoms with Crippen LogP contribution < -0.4 is 10.1 Å². The highest BCUT2D eigenvalue weighted by molar-refractivity contribution is 5.80. The zero-order valence-electron chi connectivity index (χ0n) is 11.5. The van der Waals surface area contributed by atoms with Crippen molar-refractivity contribution in [3.63, 3.8) is 0 Å². The topological polar surface area (TPSA) is 75.6 Å². The molecule has 1 aromatic rings. The van der Waals surface area contributed by atoms with Crippen molar-refractivity contribution in [2.24, 2.45) is 11.8 Å². The van der Waals surface area contributed by atoms with Gasteiger partial charge in [-0.2, -0.15) is 0 Å². The van der Waals surface area contributed by atoms with Gasteiger partial charge in [-0.25, -0.2) is 0 Å². The minimum atomic E-state index is -0.798. The maximum Gasteiger partial charge on any atom is 0.306 e. The van der Waals surface area contributed by atoms with Crippen molar-refractivity contribution in [1.29, 1.82) is 0 Å². The summed E-state index contributed by atoms with van der Waals surface area (Å²) < 4.78 is 5.12. The number of carbonyl (C=O) groups excluding carboxylic acids is 1. The minimum Gasteiger partial charge on any atom is -0.497 e. The molecule has 1 fully saturated rings. The van der Waals surface area contributed by atoms with E-state index in [2.05, 4.69) is 5.32 Å². The summed E-state index contributed by atoms with van der Waals surface area (Å²) in [4.78, 5) is 22.9. The molecule has 5 heteroatoms. The third kappa shape index (κ3) is 3.50. The predicted molar refractivity (Wildman–Crippen MR) is 73.3 cm³/mol. The van der Waals surface area contributed by atoms with Gasteiger partial charge in [0.25, 0.3) is 0 Å². The molecule has 0 bridgehead atoms. The largest absolute Gasteiger partial charge is 0.497 e. The Hall–Kier alpha value is -2.04. The third-order valence-corrected chi connectivity index (χ3v) is 3.75. The van der Waals surface area contributed by atoms with Gasteiger partial charge in [0.1, 0.15) is 5.75 Å². The Bertz CT molecular complexity index is 500. The number of hydrogen-bond donors (Lipinski definition) is 2. The minimum absolute atomic E-state index is 0.0587. The first-order chi connectivity index (χ1) is 9.60. The van der Waals surface area contributed by atoms with Crippen LogP contribution in [0.1, 0.15) is 24.8 Å². The zero-order valence-corrected chi connectivity index (χ0v) is 11.5. The van der Waals surface area contributed by atoms with Crippen LogP contribution in [0.4, 0.5) is 0 Å². The number of hydrogen-bond acceptors (Lipinski definition) is 3. The van der Waals surface area contributed by atoms with Crippen LogP contribution >= 0.6 is 0 Å². The summed E-state index contributed by atoms with van der Waals surface area (Å²) in [5, 5.41) is 11.8. The van der Waals surface area contributed by atoms with Crippen molar-refractivity contribution < 1.29 is 19.4 Å². The van der Waals surface area contributed by atoms with Gasteiger partial charge in [0, 0.05) is 12.5 Å². The Morgan fingerprint density at radius 3 is 2.75 bits per heavy atom. The average molecular weight is 277 g/mol. The summed E-state index contributed by atoms with van der Waals surface area (Å²) in [6.07, 6.45) is 1.69. The molecule has 1 saturated carbocycles. The molecular formula is C15H19NO4. The van der Waals surface area contributed by atoms with Gasteiger partial charge < -0.3 is 15.2 Å². The molecule has 1 aliphatic carbocycles. The zero-order chi connectivity index (χ0) is 14.5. The summed E-state index contributed by atoms with van der Waals surface area (Å²) in [6.45, 7) is 0.435. The molecule has 2 rings (SSSR count). The normalized spacial score (nSPS) is 21.4. The van der Waals surface area contributed by atoms with Gasteiger partial charge in [-0.05, 0) is 37.0 Å². The van der Waals surface area contributed by atoms with E-state index >= 15 is 0 Å². The molecule has 1 amide bonds. The number of methoxy groups -OCH3 is 1. The molecule has 2 unspecified atom stereocenters. The van der Waals surface area contributed by atoms with Crippen molar-refractivity contribution in [3.05, 3.63) is 29.8 Å². The summed E-state index contributed by atoms with van der Waals surface area (Å²) in [5.74, 6) is -0.655. The van der Waals surface area contributed by atoms with Crippen molar-refractivity contribution in [3.8, 4) is 5.75 Å². The number of carbonyl (C=O) groups is 2. The molecule has 2 atom stereocenters. The van der Waals surface area contributed by atoms with E-state index < -0.39 is 5.97 Å².